The molecule has 0 bridgehead atoms. The number of rotatable bonds is 7. The molecule has 0 saturated carbocycles. The average molecular weight is 184 g/mol. The third-order valence-corrected chi connectivity index (χ3v) is 2.33. The van der Waals surface area contributed by atoms with E-state index in [4.69, 9.17) is 9.47 Å². The van der Waals surface area contributed by atoms with Crippen molar-refractivity contribution < 1.29 is 9.47 Å². The van der Waals surface area contributed by atoms with Crippen molar-refractivity contribution in [2.75, 3.05) is 13.9 Å². The zero-order chi connectivity index (χ0) is 10.3. The molecule has 0 aromatic heterocycles. The number of hydrogen-bond acceptors (Lipinski definition) is 2. The smallest absolute Gasteiger partial charge is 0.147 e. The molecule has 76 valence electrons. The van der Waals surface area contributed by atoms with Gasteiger partial charge in [-0.1, -0.05) is 26.0 Å². The van der Waals surface area contributed by atoms with Gasteiger partial charge in [-0.25, -0.2) is 0 Å². The van der Waals surface area contributed by atoms with Crippen molar-refractivity contribution in [2.45, 2.75) is 20.0 Å². The van der Waals surface area contributed by atoms with E-state index in [-0.39, 0.29) is 6.10 Å². The Hall–Kier alpha value is -0.600. The second-order valence-electron chi connectivity index (χ2n) is 3.23. The second-order valence-corrected chi connectivity index (χ2v) is 3.23. The molecule has 0 radical (unpaired) electrons. The molecule has 0 spiro atoms. The lowest BCUT2D eigenvalue weighted by Gasteiger charge is -2.24. The highest BCUT2D eigenvalue weighted by atomic mass is 16.7. The highest BCUT2D eigenvalue weighted by Crippen LogP contribution is 2.19. The normalized spacial score (nSPS) is 17.5. The molecule has 0 aliphatic rings. The molecule has 0 aliphatic heterocycles. The molecular weight excluding hydrogens is 164 g/mol. The van der Waals surface area contributed by atoms with Crippen molar-refractivity contribution in [1.29, 1.82) is 0 Å². The summed E-state index contributed by atoms with van der Waals surface area (Å²) in [6.45, 7) is 12.0. The second kappa shape index (κ2) is 6.87. The van der Waals surface area contributed by atoms with Crippen molar-refractivity contribution in [2.24, 2.45) is 11.8 Å². The van der Waals surface area contributed by atoms with E-state index < -0.39 is 0 Å². The highest BCUT2D eigenvalue weighted by Gasteiger charge is 2.18. The lowest BCUT2D eigenvalue weighted by atomic mass is 9.91. The molecule has 3 atom stereocenters. The van der Waals surface area contributed by atoms with E-state index in [1.165, 1.54) is 0 Å². The number of hydrogen-bond donors (Lipinski definition) is 0. The van der Waals surface area contributed by atoms with Gasteiger partial charge >= 0.3 is 0 Å². The summed E-state index contributed by atoms with van der Waals surface area (Å²) in [6.07, 6.45) is 3.77. The summed E-state index contributed by atoms with van der Waals surface area (Å²) in [5, 5.41) is 0. The van der Waals surface area contributed by atoms with Crippen molar-refractivity contribution in [3.05, 3.63) is 25.3 Å². The number of methoxy groups -OCH3 is 1. The summed E-state index contributed by atoms with van der Waals surface area (Å²) in [4.78, 5) is 0. The molecule has 13 heavy (non-hydrogen) atoms. The molecule has 0 saturated heterocycles. The lowest BCUT2D eigenvalue weighted by Crippen LogP contribution is -2.24. The molecular formula is C11H20O2. The van der Waals surface area contributed by atoms with Gasteiger partial charge < -0.3 is 9.47 Å². The van der Waals surface area contributed by atoms with Gasteiger partial charge in [0.25, 0.3) is 0 Å². The van der Waals surface area contributed by atoms with Gasteiger partial charge in [0.2, 0.25) is 0 Å². The van der Waals surface area contributed by atoms with Gasteiger partial charge in [-0.05, 0) is 11.8 Å². The van der Waals surface area contributed by atoms with Crippen LogP contribution in [0.4, 0.5) is 0 Å². The van der Waals surface area contributed by atoms with Crippen LogP contribution in [0.1, 0.15) is 13.8 Å². The fraction of sp³-hybridized carbons (Fsp3) is 0.636. The quantitative estimate of drug-likeness (QED) is 0.447. The predicted molar refractivity (Wildman–Crippen MR) is 55.5 cm³/mol. The topological polar surface area (TPSA) is 18.5 Å². The first-order chi connectivity index (χ1) is 6.17. The van der Waals surface area contributed by atoms with Crippen LogP contribution in [0.3, 0.4) is 0 Å². The molecule has 0 unspecified atom stereocenters. The molecule has 0 N–H and O–H groups in total. The van der Waals surface area contributed by atoms with Gasteiger partial charge in [0.05, 0.1) is 6.10 Å². The zero-order valence-corrected chi connectivity index (χ0v) is 8.82. The van der Waals surface area contributed by atoms with E-state index in [2.05, 4.69) is 27.0 Å². The van der Waals surface area contributed by atoms with Gasteiger partial charge in [-0.3, -0.25) is 0 Å². The SMILES string of the molecule is C=C[C@H](OCOC)[C@@H](C)[C@@H](C)C=C. The molecule has 2 heteroatoms. The Morgan fingerprint density at radius 3 is 2.23 bits per heavy atom. The molecule has 2 nitrogen and oxygen atoms in total. The van der Waals surface area contributed by atoms with Crippen LogP contribution in [0.15, 0.2) is 25.3 Å². The summed E-state index contributed by atoms with van der Waals surface area (Å²) >= 11 is 0. The molecule has 0 heterocycles. The number of allylic oxidation sites excluding steroid dienone is 1. The van der Waals surface area contributed by atoms with Gasteiger partial charge in [0, 0.05) is 7.11 Å². The lowest BCUT2D eigenvalue weighted by molar-refractivity contribution is -0.0747. The standard InChI is InChI=1S/C11H20O2/c1-6-9(3)10(4)11(7-2)13-8-12-5/h6-7,9-11H,1-2,8H2,3-5H3/t9-,10-,11-/m0/s1. The first kappa shape index (κ1) is 12.4. The molecule has 0 aliphatic carbocycles. The third kappa shape index (κ3) is 4.25. The van der Waals surface area contributed by atoms with Gasteiger partial charge in [-0.2, -0.15) is 0 Å². The van der Waals surface area contributed by atoms with Crippen LogP contribution < -0.4 is 0 Å². The summed E-state index contributed by atoms with van der Waals surface area (Å²) in [5.41, 5.74) is 0. The van der Waals surface area contributed by atoms with E-state index in [0.29, 0.717) is 18.6 Å². The van der Waals surface area contributed by atoms with Gasteiger partial charge in [-0.15, -0.1) is 13.2 Å². The largest absolute Gasteiger partial charge is 0.359 e. The number of ether oxygens (including phenoxy) is 2. The van der Waals surface area contributed by atoms with Crippen LogP contribution in [0.25, 0.3) is 0 Å². The molecule has 0 rings (SSSR count). The fourth-order valence-corrected chi connectivity index (χ4v) is 1.09. The Morgan fingerprint density at radius 1 is 1.23 bits per heavy atom. The Bertz CT molecular complexity index is 154. The summed E-state index contributed by atoms with van der Waals surface area (Å²) in [6, 6.07) is 0. The molecule has 0 fully saturated rings. The zero-order valence-electron chi connectivity index (χ0n) is 8.82. The minimum Gasteiger partial charge on any atom is -0.359 e. The summed E-state index contributed by atoms with van der Waals surface area (Å²) in [5.74, 6) is 0.796. The highest BCUT2D eigenvalue weighted by molar-refractivity contribution is 4.91. The van der Waals surface area contributed by atoms with Crippen LogP contribution in [-0.4, -0.2) is 20.0 Å². The maximum absolute atomic E-state index is 5.44. The van der Waals surface area contributed by atoms with Crippen molar-refractivity contribution >= 4 is 0 Å². The van der Waals surface area contributed by atoms with E-state index in [9.17, 15) is 0 Å². The first-order valence-electron chi connectivity index (χ1n) is 4.53. The Balaban J connectivity index is 4.05. The summed E-state index contributed by atoms with van der Waals surface area (Å²) in [7, 11) is 1.61. The van der Waals surface area contributed by atoms with E-state index in [1.807, 2.05) is 12.2 Å². The van der Waals surface area contributed by atoms with Gasteiger partial charge in [0.15, 0.2) is 0 Å². The van der Waals surface area contributed by atoms with Crippen LogP contribution in [-0.2, 0) is 9.47 Å². The molecule has 0 aromatic carbocycles. The van der Waals surface area contributed by atoms with Crippen molar-refractivity contribution in [3.8, 4) is 0 Å². The van der Waals surface area contributed by atoms with Gasteiger partial charge in [0.1, 0.15) is 6.79 Å². The van der Waals surface area contributed by atoms with E-state index >= 15 is 0 Å². The van der Waals surface area contributed by atoms with E-state index in [0.717, 1.165) is 0 Å². The van der Waals surface area contributed by atoms with Crippen LogP contribution >= 0.6 is 0 Å². The molecule has 0 amide bonds. The minimum atomic E-state index is 0.0351. The predicted octanol–water partition coefficient (Wildman–Crippen LogP) is 2.62. The Kier molecular flexibility index (Phi) is 6.55. The first-order valence-corrected chi connectivity index (χ1v) is 4.53. The van der Waals surface area contributed by atoms with Crippen LogP contribution in [0.2, 0.25) is 0 Å². The minimum absolute atomic E-state index is 0.0351. The Morgan fingerprint density at radius 2 is 1.85 bits per heavy atom. The molecule has 0 aromatic rings. The summed E-state index contributed by atoms with van der Waals surface area (Å²) < 4.78 is 10.3. The average Bonchev–Trinajstić information content (AvgIpc) is 2.17. The fourth-order valence-electron chi connectivity index (χ4n) is 1.09. The van der Waals surface area contributed by atoms with Crippen molar-refractivity contribution in [1.82, 2.24) is 0 Å². The third-order valence-electron chi connectivity index (χ3n) is 2.33. The van der Waals surface area contributed by atoms with E-state index in [1.54, 1.807) is 7.11 Å². The Labute approximate surface area is 81.2 Å². The van der Waals surface area contributed by atoms with Crippen molar-refractivity contribution in [3.63, 3.8) is 0 Å². The monoisotopic (exact) mass is 184 g/mol. The van der Waals surface area contributed by atoms with Crippen LogP contribution in [0, 0.1) is 11.8 Å². The maximum Gasteiger partial charge on any atom is 0.147 e. The van der Waals surface area contributed by atoms with Crippen LogP contribution in [0.5, 0.6) is 0 Å². The maximum atomic E-state index is 5.44.